The molecule has 1 unspecified atom stereocenters. The molecule has 7 heteroatoms. The van der Waals surface area contributed by atoms with Gasteiger partial charge in [0.1, 0.15) is 17.6 Å². The fourth-order valence-electron chi connectivity index (χ4n) is 3.06. The second-order valence-corrected chi connectivity index (χ2v) is 6.37. The first-order valence-corrected chi connectivity index (χ1v) is 8.51. The molecule has 1 aliphatic rings. The van der Waals surface area contributed by atoms with E-state index in [9.17, 15) is 0 Å². The van der Waals surface area contributed by atoms with Crippen molar-refractivity contribution in [1.29, 1.82) is 0 Å². The molecule has 0 radical (unpaired) electrons. The Morgan fingerprint density at radius 3 is 2.77 bits per heavy atom. The van der Waals surface area contributed by atoms with Gasteiger partial charge in [0.2, 0.25) is 0 Å². The van der Waals surface area contributed by atoms with Gasteiger partial charge in [0.15, 0.2) is 5.96 Å². The fourth-order valence-corrected chi connectivity index (χ4v) is 3.06. The molecule has 0 spiro atoms. The lowest BCUT2D eigenvalue weighted by atomic mass is 10.1. The van der Waals surface area contributed by atoms with Gasteiger partial charge in [0.05, 0.1) is 7.11 Å². The lowest BCUT2D eigenvalue weighted by molar-refractivity contribution is 0.254. The van der Waals surface area contributed by atoms with Crippen molar-refractivity contribution in [2.75, 3.05) is 14.2 Å². The SMILES string of the molecule is CN=C(NCc1ccn(C)c1)NCc1cc2c(cc1OC)CC(C)O2.I. The highest BCUT2D eigenvalue weighted by Crippen LogP contribution is 2.34. The molecule has 0 bridgehead atoms. The number of hydrogen-bond acceptors (Lipinski definition) is 3. The number of hydrogen-bond donors (Lipinski definition) is 2. The Hall–Kier alpha value is -1.90. The number of rotatable bonds is 5. The molecule has 26 heavy (non-hydrogen) atoms. The summed E-state index contributed by atoms with van der Waals surface area (Å²) in [6.45, 7) is 3.42. The Kier molecular flexibility index (Phi) is 7.19. The summed E-state index contributed by atoms with van der Waals surface area (Å²) < 4.78 is 13.4. The van der Waals surface area contributed by atoms with Crippen LogP contribution in [0.1, 0.15) is 23.6 Å². The molecule has 0 saturated carbocycles. The number of guanidine groups is 1. The lowest BCUT2D eigenvalue weighted by Crippen LogP contribution is -2.36. The maximum absolute atomic E-state index is 5.86. The maximum Gasteiger partial charge on any atom is 0.191 e. The van der Waals surface area contributed by atoms with Gasteiger partial charge >= 0.3 is 0 Å². The summed E-state index contributed by atoms with van der Waals surface area (Å²) >= 11 is 0. The summed E-state index contributed by atoms with van der Waals surface area (Å²) in [5.41, 5.74) is 3.47. The monoisotopic (exact) mass is 470 g/mol. The van der Waals surface area contributed by atoms with E-state index < -0.39 is 0 Å². The molecule has 0 aliphatic carbocycles. The highest BCUT2D eigenvalue weighted by Gasteiger charge is 2.21. The van der Waals surface area contributed by atoms with Gasteiger partial charge in [0, 0.05) is 57.1 Å². The normalized spacial score (nSPS) is 15.7. The van der Waals surface area contributed by atoms with E-state index in [-0.39, 0.29) is 30.1 Å². The topological polar surface area (TPSA) is 59.8 Å². The van der Waals surface area contributed by atoms with Crippen LogP contribution in [0.15, 0.2) is 35.6 Å². The molecular weight excluding hydrogens is 443 g/mol. The molecule has 1 aliphatic heterocycles. The second kappa shape index (κ2) is 9.16. The average Bonchev–Trinajstić information content (AvgIpc) is 3.18. The molecule has 1 aromatic carbocycles. The van der Waals surface area contributed by atoms with Crippen molar-refractivity contribution in [2.24, 2.45) is 12.0 Å². The number of methoxy groups -OCH3 is 1. The van der Waals surface area contributed by atoms with E-state index in [2.05, 4.69) is 46.9 Å². The minimum absolute atomic E-state index is 0. The predicted octanol–water partition coefficient (Wildman–Crippen LogP) is 2.84. The van der Waals surface area contributed by atoms with Crippen LogP contribution >= 0.6 is 24.0 Å². The number of aliphatic imine (C=N–C) groups is 1. The molecule has 1 aromatic heterocycles. The quantitative estimate of drug-likeness (QED) is 0.401. The molecule has 0 amide bonds. The Morgan fingerprint density at radius 2 is 2.12 bits per heavy atom. The zero-order chi connectivity index (χ0) is 17.8. The van der Waals surface area contributed by atoms with Crippen molar-refractivity contribution in [3.8, 4) is 11.5 Å². The van der Waals surface area contributed by atoms with E-state index in [1.54, 1.807) is 14.2 Å². The molecule has 3 rings (SSSR count). The zero-order valence-corrected chi connectivity index (χ0v) is 18.0. The predicted molar refractivity (Wildman–Crippen MR) is 115 cm³/mol. The Bertz CT molecular complexity index is 773. The summed E-state index contributed by atoms with van der Waals surface area (Å²) in [5.74, 6) is 2.58. The van der Waals surface area contributed by atoms with Crippen LogP contribution in [0.4, 0.5) is 0 Å². The van der Waals surface area contributed by atoms with Gasteiger partial charge in [-0.05, 0) is 30.7 Å². The van der Waals surface area contributed by atoms with Crippen molar-refractivity contribution in [2.45, 2.75) is 32.5 Å². The second-order valence-electron chi connectivity index (χ2n) is 6.37. The standard InChI is InChI=1S/C19H26N4O2.HI/c1-13-7-15-8-17(24-4)16(9-18(15)25-13)11-22-19(20-2)21-10-14-5-6-23(3)12-14;/h5-6,8-9,12-13H,7,10-11H2,1-4H3,(H2,20,21,22);1H. The van der Waals surface area contributed by atoms with Gasteiger partial charge in [0.25, 0.3) is 0 Å². The van der Waals surface area contributed by atoms with Gasteiger partial charge in [-0.1, -0.05) is 0 Å². The van der Waals surface area contributed by atoms with E-state index in [1.807, 2.05) is 17.8 Å². The number of halogens is 1. The number of nitrogens with one attached hydrogen (secondary N) is 2. The molecule has 2 heterocycles. The Labute approximate surface area is 172 Å². The first-order valence-electron chi connectivity index (χ1n) is 8.51. The molecule has 1 atom stereocenters. The molecule has 0 saturated heterocycles. The van der Waals surface area contributed by atoms with Crippen LogP contribution in [-0.2, 0) is 26.6 Å². The number of aryl methyl sites for hydroxylation is 1. The van der Waals surface area contributed by atoms with Crippen molar-refractivity contribution in [3.63, 3.8) is 0 Å². The van der Waals surface area contributed by atoms with Gasteiger partial charge in [-0.3, -0.25) is 4.99 Å². The van der Waals surface area contributed by atoms with Crippen LogP contribution in [0.3, 0.4) is 0 Å². The number of fused-ring (bicyclic) bond motifs is 1. The Morgan fingerprint density at radius 1 is 1.35 bits per heavy atom. The number of aromatic nitrogens is 1. The van der Waals surface area contributed by atoms with Crippen molar-refractivity contribution in [1.82, 2.24) is 15.2 Å². The van der Waals surface area contributed by atoms with Crippen LogP contribution in [-0.4, -0.2) is 30.8 Å². The van der Waals surface area contributed by atoms with Crippen LogP contribution in [0, 0.1) is 0 Å². The largest absolute Gasteiger partial charge is 0.496 e. The van der Waals surface area contributed by atoms with Gasteiger partial charge in [-0.15, -0.1) is 24.0 Å². The van der Waals surface area contributed by atoms with Gasteiger partial charge < -0.3 is 24.7 Å². The minimum atomic E-state index is 0. The molecule has 2 aromatic rings. The number of benzene rings is 1. The third kappa shape index (κ3) is 4.84. The summed E-state index contributed by atoms with van der Waals surface area (Å²) in [5, 5.41) is 6.66. The average molecular weight is 470 g/mol. The summed E-state index contributed by atoms with van der Waals surface area (Å²) in [7, 11) is 5.48. The van der Waals surface area contributed by atoms with Crippen LogP contribution in [0.2, 0.25) is 0 Å². The third-order valence-corrected chi connectivity index (χ3v) is 4.32. The first-order chi connectivity index (χ1) is 12.1. The first kappa shape index (κ1) is 20.4. The summed E-state index contributed by atoms with van der Waals surface area (Å²) in [4.78, 5) is 4.28. The van der Waals surface area contributed by atoms with Crippen LogP contribution < -0.4 is 20.1 Å². The Balaban J connectivity index is 0.00000243. The van der Waals surface area contributed by atoms with Gasteiger partial charge in [-0.2, -0.15) is 0 Å². The van der Waals surface area contributed by atoms with E-state index in [4.69, 9.17) is 9.47 Å². The summed E-state index contributed by atoms with van der Waals surface area (Å²) in [6.07, 6.45) is 5.27. The van der Waals surface area contributed by atoms with Crippen molar-refractivity contribution in [3.05, 3.63) is 47.3 Å². The zero-order valence-electron chi connectivity index (χ0n) is 15.7. The van der Waals surface area contributed by atoms with Crippen molar-refractivity contribution >= 4 is 29.9 Å². The number of nitrogens with zero attached hydrogens (tertiary/aromatic N) is 2. The molecule has 142 valence electrons. The smallest absolute Gasteiger partial charge is 0.191 e. The highest BCUT2D eigenvalue weighted by molar-refractivity contribution is 14.0. The molecule has 2 N–H and O–H groups in total. The molecule has 6 nitrogen and oxygen atoms in total. The van der Waals surface area contributed by atoms with E-state index in [1.165, 1.54) is 11.1 Å². The van der Waals surface area contributed by atoms with Gasteiger partial charge in [-0.25, -0.2) is 0 Å². The maximum atomic E-state index is 5.86. The lowest BCUT2D eigenvalue weighted by Gasteiger charge is -2.14. The highest BCUT2D eigenvalue weighted by atomic mass is 127. The van der Waals surface area contributed by atoms with Crippen LogP contribution in [0.5, 0.6) is 11.5 Å². The van der Waals surface area contributed by atoms with Crippen LogP contribution in [0.25, 0.3) is 0 Å². The third-order valence-electron chi connectivity index (χ3n) is 4.32. The fraction of sp³-hybridized carbons (Fsp3) is 0.421. The molecule has 0 fully saturated rings. The van der Waals surface area contributed by atoms with E-state index >= 15 is 0 Å². The van der Waals surface area contributed by atoms with E-state index in [0.717, 1.165) is 36.0 Å². The summed E-state index contributed by atoms with van der Waals surface area (Å²) in [6, 6.07) is 6.23. The minimum Gasteiger partial charge on any atom is -0.496 e. The van der Waals surface area contributed by atoms with Crippen molar-refractivity contribution < 1.29 is 9.47 Å². The van der Waals surface area contributed by atoms with E-state index in [0.29, 0.717) is 6.54 Å². The number of ether oxygens (including phenoxy) is 2. The molecular formula is C19H27IN4O2.